The lowest BCUT2D eigenvalue weighted by Crippen LogP contribution is -2.19. The number of hydrogen-bond acceptors (Lipinski definition) is 4. The molecule has 1 aliphatic rings. The van der Waals surface area contributed by atoms with Crippen molar-refractivity contribution in [1.29, 1.82) is 0 Å². The molecule has 1 unspecified atom stereocenters. The van der Waals surface area contributed by atoms with E-state index in [4.69, 9.17) is 15.6 Å². The Bertz CT molecular complexity index is 451. The van der Waals surface area contributed by atoms with Crippen LogP contribution in [0.4, 0.5) is 5.69 Å². The summed E-state index contributed by atoms with van der Waals surface area (Å²) >= 11 is 3.37. The monoisotopic (exact) mass is 300 g/mol. The number of rotatable bonds is 4. The zero-order valence-electron chi connectivity index (χ0n) is 9.07. The molecule has 1 heterocycles. The van der Waals surface area contributed by atoms with Crippen LogP contribution in [-0.2, 0) is 4.79 Å². The summed E-state index contributed by atoms with van der Waals surface area (Å²) in [6.07, 6.45) is 0.565. The molecule has 1 aromatic rings. The minimum atomic E-state index is -0.618. The van der Waals surface area contributed by atoms with Crippen LogP contribution in [0.25, 0.3) is 0 Å². The standard InChI is InChI=1S/C11H13BrN2O3/c12-7-4-6-8(14-11(16)10(6)13)5-9(7)17-3-1-2-15/h4-5,10,15H,1-3,13H2,(H,14,16). The highest BCUT2D eigenvalue weighted by Gasteiger charge is 2.28. The van der Waals surface area contributed by atoms with Gasteiger partial charge in [-0.25, -0.2) is 0 Å². The molecule has 0 saturated carbocycles. The fourth-order valence-electron chi connectivity index (χ4n) is 1.64. The van der Waals surface area contributed by atoms with Gasteiger partial charge in [-0.3, -0.25) is 4.79 Å². The van der Waals surface area contributed by atoms with Gasteiger partial charge in [0.2, 0.25) is 5.91 Å². The number of benzene rings is 1. The van der Waals surface area contributed by atoms with Crippen LogP contribution in [0.3, 0.4) is 0 Å². The molecule has 0 saturated heterocycles. The lowest BCUT2D eigenvalue weighted by Gasteiger charge is -2.10. The molecule has 0 spiro atoms. The summed E-state index contributed by atoms with van der Waals surface area (Å²) in [5, 5.41) is 11.4. The number of aliphatic hydroxyl groups excluding tert-OH is 1. The molecular formula is C11H13BrN2O3. The average molecular weight is 301 g/mol. The maximum atomic E-state index is 11.4. The van der Waals surface area contributed by atoms with E-state index in [1.165, 1.54) is 0 Å². The van der Waals surface area contributed by atoms with Gasteiger partial charge in [-0.1, -0.05) is 0 Å². The largest absolute Gasteiger partial charge is 0.492 e. The minimum absolute atomic E-state index is 0.0875. The number of carbonyl (C=O) groups excluding carboxylic acids is 1. The number of aliphatic hydroxyl groups is 1. The van der Waals surface area contributed by atoms with Crippen LogP contribution in [0.15, 0.2) is 16.6 Å². The molecule has 0 radical (unpaired) electrons. The number of halogens is 1. The molecule has 17 heavy (non-hydrogen) atoms. The van der Waals surface area contributed by atoms with Crippen molar-refractivity contribution in [1.82, 2.24) is 0 Å². The van der Waals surface area contributed by atoms with E-state index < -0.39 is 6.04 Å². The Morgan fingerprint density at radius 1 is 1.53 bits per heavy atom. The number of nitrogens with two attached hydrogens (primary N) is 1. The lowest BCUT2D eigenvalue weighted by molar-refractivity contribution is -0.116. The molecule has 0 bridgehead atoms. The summed E-state index contributed by atoms with van der Waals surface area (Å²) in [4.78, 5) is 11.4. The van der Waals surface area contributed by atoms with E-state index in [0.717, 1.165) is 10.0 Å². The molecule has 1 aromatic carbocycles. The summed E-state index contributed by atoms with van der Waals surface area (Å²) in [6.45, 7) is 0.512. The molecule has 2 rings (SSSR count). The fourth-order valence-corrected chi connectivity index (χ4v) is 2.12. The number of anilines is 1. The normalized spacial score (nSPS) is 17.8. The minimum Gasteiger partial charge on any atom is -0.492 e. The Morgan fingerprint density at radius 2 is 2.29 bits per heavy atom. The number of carbonyl (C=O) groups is 1. The zero-order valence-corrected chi connectivity index (χ0v) is 10.7. The predicted molar refractivity (Wildman–Crippen MR) is 66.9 cm³/mol. The third-order valence-corrected chi connectivity index (χ3v) is 3.16. The molecule has 4 N–H and O–H groups in total. The maximum Gasteiger partial charge on any atom is 0.245 e. The summed E-state index contributed by atoms with van der Waals surface area (Å²) in [5.74, 6) is 0.422. The van der Waals surface area contributed by atoms with Crippen LogP contribution in [-0.4, -0.2) is 24.2 Å². The second kappa shape index (κ2) is 5.03. The molecule has 1 aliphatic heterocycles. The highest BCUT2D eigenvalue weighted by Crippen LogP contribution is 2.37. The highest BCUT2D eigenvalue weighted by atomic mass is 79.9. The molecule has 92 valence electrons. The van der Waals surface area contributed by atoms with E-state index in [1.807, 2.05) is 0 Å². The van der Waals surface area contributed by atoms with Gasteiger partial charge in [0, 0.05) is 30.3 Å². The van der Waals surface area contributed by atoms with Crippen molar-refractivity contribution < 1.29 is 14.6 Å². The van der Waals surface area contributed by atoms with Gasteiger partial charge in [-0.15, -0.1) is 0 Å². The van der Waals surface area contributed by atoms with Crippen molar-refractivity contribution >= 4 is 27.5 Å². The lowest BCUT2D eigenvalue weighted by atomic mass is 10.1. The highest BCUT2D eigenvalue weighted by molar-refractivity contribution is 9.10. The molecule has 0 fully saturated rings. The third kappa shape index (κ3) is 2.43. The predicted octanol–water partition coefficient (Wildman–Crippen LogP) is 1.16. The summed E-state index contributed by atoms with van der Waals surface area (Å²) in [6, 6.07) is 2.90. The van der Waals surface area contributed by atoms with E-state index in [-0.39, 0.29) is 12.5 Å². The van der Waals surface area contributed by atoms with Crippen molar-refractivity contribution in [3.8, 4) is 5.75 Å². The van der Waals surface area contributed by atoms with Crippen LogP contribution in [0, 0.1) is 0 Å². The van der Waals surface area contributed by atoms with E-state index >= 15 is 0 Å². The van der Waals surface area contributed by atoms with Gasteiger partial charge < -0.3 is 20.9 Å². The van der Waals surface area contributed by atoms with Crippen LogP contribution in [0.2, 0.25) is 0 Å². The number of ether oxygens (including phenoxy) is 1. The van der Waals surface area contributed by atoms with Crippen LogP contribution in [0.5, 0.6) is 5.75 Å². The topological polar surface area (TPSA) is 84.6 Å². The molecule has 1 atom stereocenters. The van der Waals surface area contributed by atoms with Crippen molar-refractivity contribution in [2.24, 2.45) is 5.73 Å². The van der Waals surface area contributed by atoms with Gasteiger partial charge in [0.05, 0.1) is 11.1 Å². The molecule has 1 amide bonds. The SMILES string of the molecule is NC1C(=O)Nc2cc(OCCCO)c(Br)cc21. The number of hydrogen-bond donors (Lipinski definition) is 3. The average Bonchev–Trinajstić information content (AvgIpc) is 2.56. The first-order chi connectivity index (χ1) is 8.13. The molecular weight excluding hydrogens is 288 g/mol. The second-order valence-electron chi connectivity index (χ2n) is 3.76. The van der Waals surface area contributed by atoms with E-state index in [9.17, 15) is 4.79 Å². The van der Waals surface area contributed by atoms with Crippen LogP contribution < -0.4 is 15.8 Å². The summed E-state index contributed by atoms with van der Waals surface area (Å²) in [7, 11) is 0. The smallest absolute Gasteiger partial charge is 0.245 e. The molecule has 5 nitrogen and oxygen atoms in total. The maximum absolute atomic E-state index is 11.4. The van der Waals surface area contributed by atoms with Gasteiger partial charge in [-0.05, 0) is 22.0 Å². The first-order valence-corrected chi connectivity index (χ1v) is 6.06. The Hall–Kier alpha value is -1.11. The van der Waals surface area contributed by atoms with E-state index in [2.05, 4.69) is 21.2 Å². The summed E-state index contributed by atoms with van der Waals surface area (Å²) < 4.78 is 6.23. The zero-order chi connectivity index (χ0) is 12.4. The van der Waals surface area contributed by atoms with Crippen molar-refractivity contribution in [3.05, 3.63) is 22.2 Å². The quantitative estimate of drug-likeness (QED) is 0.729. The second-order valence-corrected chi connectivity index (χ2v) is 4.62. The third-order valence-electron chi connectivity index (χ3n) is 2.54. The number of nitrogens with one attached hydrogen (secondary N) is 1. The van der Waals surface area contributed by atoms with E-state index in [1.54, 1.807) is 12.1 Å². The Balaban J connectivity index is 2.21. The van der Waals surface area contributed by atoms with E-state index in [0.29, 0.717) is 24.5 Å². The molecule has 6 heteroatoms. The van der Waals surface area contributed by atoms with Gasteiger partial charge in [-0.2, -0.15) is 0 Å². The van der Waals surface area contributed by atoms with Gasteiger partial charge in [0.25, 0.3) is 0 Å². The number of fused-ring (bicyclic) bond motifs is 1. The fraction of sp³-hybridized carbons (Fsp3) is 0.364. The molecule has 0 aromatic heterocycles. The first kappa shape index (κ1) is 12.3. The van der Waals surface area contributed by atoms with Crippen LogP contribution >= 0.6 is 15.9 Å². The summed E-state index contributed by atoms with van der Waals surface area (Å²) in [5.41, 5.74) is 7.17. The number of amides is 1. The van der Waals surface area contributed by atoms with Gasteiger partial charge in [0.1, 0.15) is 11.8 Å². The van der Waals surface area contributed by atoms with Gasteiger partial charge >= 0.3 is 0 Å². The van der Waals surface area contributed by atoms with Crippen LogP contribution in [0.1, 0.15) is 18.0 Å². The van der Waals surface area contributed by atoms with Crippen molar-refractivity contribution in [3.63, 3.8) is 0 Å². The Morgan fingerprint density at radius 3 is 3.00 bits per heavy atom. The first-order valence-electron chi connectivity index (χ1n) is 5.27. The van der Waals surface area contributed by atoms with Gasteiger partial charge in [0.15, 0.2) is 0 Å². The van der Waals surface area contributed by atoms with Crippen molar-refractivity contribution in [2.75, 3.05) is 18.5 Å². The Labute approximate surface area is 107 Å². The van der Waals surface area contributed by atoms with Crippen molar-refractivity contribution in [2.45, 2.75) is 12.5 Å². The Kier molecular flexibility index (Phi) is 3.66. The molecule has 0 aliphatic carbocycles.